The van der Waals surface area contributed by atoms with Crippen LogP contribution in [0.2, 0.25) is 0 Å². The van der Waals surface area contributed by atoms with Crippen LogP contribution >= 0.6 is 0 Å². The van der Waals surface area contributed by atoms with Crippen molar-refractivity contribution in [3.63, 3.8) is 0 Å². The Morgan fingerprint density at radius 3 is 2.78 bits per heavy atom. The van der Waals surface area contributed by atoms with Crippen LogP contribution in [0, 0.1) is 6.92 Å². The second kappa shape index (κ2) is 4.34. The summed E-state index contributed by atoms with van der Waals surface area (Å²) in [5.74, 6) is 0. The molecule has 3 heteroatoms. The zero-order valence-corrected chi connectivity index (χ0v) is 10.9. The molecule has 0 radical (unpaired) electrons. The maximum Gasteiger partial charge on any atom is 0.0966 e. The zero-order valence-electron chi connectivity index (χ0n) is 10.9. The highest BCUT2D eigenvalue weighted by Crippen LogP contribution is 2.24. The fourth-order valence-corrected chi connectivity index (χ4v) is 2.50. The lowest BCUT2D eigenvalue weighted by molar-refractivity contribution is -0.0502. The Kier molecular flexibility index (Phi) is 2.80. The number of methoxy groups -OCH3 is 1. The van der Waals surface area contributed by atoms with E-state index in [2.05, 4.69) is 40.6 Å². The molecular weight excluding hydrogens is 224 g/mol. The summed E-state index contributed by atoms with van der Waals surface area (Å²) in [5, 5.41) is 4.49. The highest BCUT2D eigenvalue weighted by Gasteiger charge is 2.36. The summed E-state index contributed by atoms with van der Waals surface area (Å²) in [6.45, 7) is 3.90. The molecule has 0 amide bonds. The van der Waals surface area contributed by atoms with Crippen molar-refractivity contribution in [1.82, 2.24) is 10.3 Å². The van der Waals surface area contributed by atoms with Crippen LogP contribution in [0.25, 0.3) is 10.9 Å². The summed E-state index contributed by atoms with van der Waals surface area (Å²) in [6, 6.07) is 10.7. The van der Waals surface area contributed by atoms with Crippen LogP contribution in [-0.4, -0.2) is 30.8 Å². The van der Waals surface area contributed by atoms with Gasteiger partial charge in [0.15, 0.2) is 0 Å². The molecule has 1 aromatic heterocycles. The van der Waals surface area contributed by atoms with Crippen molar-refractivity contribution in [2.75, 3.05) is 20.2 Å². The van der Waals surface area contributed by atoms with Crippen LogP contribution in [0.3, 0.4) is 0 Å². The number of pyridine rings is 1. The Morgan fingerprint density at radius 1 is 1.28 bits per heavy atom. The molecule has 0 unspecified atom stereocenters. The summed E-state index contributed by atoms with van der Waals surface area (Å²) in [7, 11) is 1.80. The molecule has 0 aliphatic carbocycles. The number of fused-ring (bicyclic) bond motifs is 1. The number of rotatable bonds is 3. The number of benzene rings is 1. The quantitative estimate of drug-likeness (QED) is 0.894. The van der Waals surface area contributed by atoms with E-state index >= 15 is 0 Å². The third-order valence-electron chi connectivity index (χ3n) is 3.75. The van der Waals surface area contributed by atoms with Gasteiger partial charge in [-0.1, -0.05) is 12.1 Å². The highest BCUT2D eigenvalue weighted by molar-refractivity contribution is 5.79. The van der Waals surface area contributed by atoms with Gasteiger partial charge in [-0.3, -0.25) is 4.98 Å². The molecule has 1 aromatic carbocycles. The molecular formula is C15H18N2O. The van der Waals surface area contributed by atoms with Crippen molar-refractivity contribution in [2.24, 2.45) is 0 Å². The Hall–Kier alpha value is -1.45. The summed E-state index contributed by atoms with van der Waals surface area (Å²) in [4.78, 5) is 4.52. The van der Waals surface area contributed by atoms with E-state index in [1.54, 1.807) is 7.11 Å². The fraction of sp³-hybridized carbons (Fsp3) is 0.400. The Balaban J connectivity index is 1.91. The van der Waals surface area contributed by atoms with Crippen molar-refractivity contribution in [3.05, 3.63) is 41.6 Å². The Bertz CT molecular complexity index is 570. The maximum absolute atomic E-state index is 5.63. The summed E-state index contributed by atoms with van der Waals surface area (Å²) in [6.07, 6.45) is 0.959. The van der Waals surface area contributed by atoms with Gasteiger partial charge in [-0.05, 0) is 30.7 Å². The predicted molar refractivity (Wildman–Crippen MR) is 72.8 cm³/mol. The monoisotopic (exact) mass is 242 g/mol. The van der Waals surface area contributed by atoms with E-state index in [9.17, 15) is 0 Å². The van der Waals surface area contributed by atoms with Gasteiger partial charge in [-0.2, -0.15) is 0 Å². The molecule has 1 N–H and O–H groups in total. The third-order valence-corrected chi connectivity index (χ3v) is 3.75. The summed E-state index contributed by atoms with van der Waals surface area (Å²) < 4.78 is 5.63. The fourth-order valence-electron chi connectivity index (χ4n) is 2.50. The van der Waals surface area contributed by atoms with Gasteiger partial charge in [0.25, 0.3) is 0 Å². The molecule has 2 aromatic rings. The lowest BCUT2D eigenvalue weighted by atomic mass is 9.88. The minimum Gasteiger partial charge on any atom is -0.375 e. The minimum absolute atomic E-state index is 0.00813. The van der Waals surface area contributed by atoms with E-state index in [0.717, 1.165) is 30.7 Å². The number of nitrogens with zero attached hydrogens (tertiary/aromatic N) is 1. The number of aromatic nitrogens is 1. The molecule has 1 aliphatic rings. The first-order valence-corrected chi connectivity index (χ1v) is 6.33. The molecule has 1 fully saturated rings. The van der Waals surface area contributed by atoms with Crippen LogP contribution in [0.5, 0.6) is 0 Å². The summed E-state index contributed by atoms with van der Waals surface area (Å²) in [5.41, 5.74) is 3.44. The standard InChI is InChI=1S/C15H18N2O/c1-11-3-5-13-7-12(4-6-14(13)17-11)8-15(18-2)9-16-10-15/h3-7,16H,8-10H2,1-2H3. The van der Waals surface area contributed by atoms with Gasteiger partial charge in [-0.25, -0.2) is 0 Å². The molecule has 1 aliphatic heterocycles. The van der Waals surface area contributed by atoms with Gasteiger partial charge in [0.2, 0.25) is 0 Å². The first-order chi connectivity index (χ1) is 8.71. The van der Waals surface area contributed by atoms with Gasteiger partial charge in [0.05, 0.1) is 11.1 Å². The molecule has 0 saturated carbocycles. The van der Waals surface area contributed by atoms with Gasteiger partial charge >= 0.3 is 0 Å². The van der Waals surface area contributed by atoms with Crippen molar-refractivity contribution in [3.8, 4) is 0 Å². The van der Waals surface area contributed by atoms with Crippen LogP contribution < -0.4 is 5.32 Å². The number of aryl methyl sites for hydroxylation is 1. The van der Waals surface area contributed by atoms with Gasteiger partial charge < -0.3 is 10.1 Å². The average Bonchev–Trinajstić information content (AvgIpc) is 2.34. The smallest absolute Gasteiger partial charge is 0.0966 e. The largest absolute Gasteiger partial charge is 0.375 e. The Labute approximate surface area is 107 Å². The van der Waals surface area contributed by atoms with Gasteiger partial charge in [-0.15, -0.1) is 0 Å². The van der Waals surface area contributed by atoms with E-state index in [4.69, 9.17) is 4.74 Å². The molecule has 1 saturated heterocycles. The van der Waals surface area contributed by atoms with E-state index in [1.807, 2.05) is 6.92 Å². The molecule has 94 valence electrons. The SMILES string of the molecule is COC1(Cc2ccc3nc(C)ccc3c2)CNC1. The molecule has 3 rings (SSSR count). The molecule has 3 nitrogen and oxygen atoms in total. The van der Waals surface area contributed by atoms with E-state index in [1.165, 1.54) is 10.9 Å². The lowest BCUT2D eigenvalue weighted by Crippen LogP contribution is -2.61. The molecule has 0 atom stereocenters. The second-order valence-electron chi connectivity index (χ2n) is 5.15. The highest BCUT2D eigenvalue weighted by atomic mass is 16.5. The predicted octanol–water partition coefficient (Wildman–Crippen LogP) is 2.07. The lowest BCUT2D eigenvalue weighted by Gasteiger charge is -2.41. The number of ether oxygens (including phenoxy) is 1. The van der Waals surface area contributed by atoms with Crippen molar-refractivity contribution >= 4 is 10.9 Å². The van der Waals surface area contributed by atoms with Crippen molar-refractivity contribution in [2.45, 2.75) is 18.9 Å². The zero-order chi connectivity index (χ0) is 12.6. The Morgan fingerprint density at radius 2 is 2.11 bits per heavy atom. The summed E-state index contributed by atoms with van der Waals surface area (Å²) >= 11 is 0. The normalized spacial score (nSPS) is 17.7. The first kappa shape index (κ1) is 11.6. The van der Waals surface area contributed by atoms with E-state index in [-0.39, 0.29) is 5.60 Å². The van der Waals surface area contributed by atoms with Crippen LogP contribution in [0.4, 0.5) is 0 Å². The van der Waals surface area contributed by atoms with Crippen molar-refractivity contribution < 1.29 is 4.74 Å². The van der Waals surface area contributed by atoms with E-state index < -0.39 is 0 Å². The average molecular weight is 242 g/mol. The maximum atomic E-state index is 5.63. The molecule has 0 spiro atoms. The van der Waals surface area contributed by atoms with Crippen molar-refractivity contribution in [1.29, 1.82) is 0 Å². The molecule has 0 bridgehead atoms. The van der Waals surface area contributed by atoms with Crippen LogP contribution in [0.15, 0.2) is 30.3 Å². The molecule has 2 heterocycles. The third kappa shape index (κ3) is 2.00. The number of hydrogen-bond donors (Lipinski definition) is 1. The topological polar surface area (TPSA) is 34.1 Å². The molecule has 18 heavy (non-hydrogen) atoms. The van der Waals surface area contributed by atoms with Gasteiger partial charge in [0.1, 0.15) is 0 Å². The first-order valence-electron chi connectivity index (χ1n) is 6.33. The number of nitrogens with one attached hydrogen (secondary N) is 1. The number of hydrogen-bond acceptors (Lipinski definition) is 3. The van der Waals surface area contributed by atoms with Crippen LogP contribution in [-0.2, 0) is 11.2 Å². The van der Waals surface area contributed by atoms with Crippen LogP contribution in [0.1, 0.15) is 11.3 Å². The second-order valence-corrected chi connectivity index (χ2v) is 5.15. The minimum atomic E-state index is -0.00813. The van der Waals surface area contributed by atoms with Gasteiger partial charge in [0, 0.05) is 37.7 Å². The van der Waals surface area contributed by atoms with E-state index in [0.29, 0.717) is 0 Å².